The van der Waals surface area contributed by atoms with Crippen LogP contribution in [0.1, 0.15) is 23.5 Å². The Labute approximate surface area is 303 Å². The van der Waals surface area contributed by atoms with Gasteiger partial charge >= 0.3 is 12.3 Å². The van der Waals surface area contributed by atoms with Gasteiger partial charge in [0.25, 0.3) is 5.56 Å². The third-order valence-corrected chi connectivity index (χ3v) is 7.92. The van der Waals surface area contributed by atoms with Crippen molar-refractivity contribution in [3.05, 3.63) is 70.0 Å². The Morgan fingerprint density at radius 1 is 0.736 bits per heavy atom. The van der Waals surface area contributed by atoms with Crippen molar-refractivity contribution in [3.8, 4) is 11.3 Å². The van der Waals surface area contributed by atoms with Crippen LogP contribution in [0.2, 0.25) is 0 Å². The quantitative estimate of drug-likeness (QED) is 0.0900. The highest BCUT2D eigenvalue weighted by Gasteiger charge is 2.35. The average Bonchev–Trinajstić information content (AvgIpc) is 3.52. The Bertz CT molecular complexity index is 1640. The summed E-state index contributed by atoms with van der Waals surface area (Å²) in [6.07, 6.45) is -5.23. The number of H-pyrrole nitrogens is 1. The fourth-order valence-electron chi connectivity index (χ4n) is 5.41. The summed E-state index contributed by atoms with van der Waals surface area (Å²) in [5.41, 5.74) is -1.03. The lowest BCUT2D eigenvalue weighted by molar-refractivity contribution is -0.137. The SMILES string of the molecule is O=C(OCCOCCOCCOCCOCCOCCOCCO)OCC1C[C@@H](c2ccc3cc(-c4ccccc4C(F)(F)F)[nH]c(=O)c3c2)C(=O)N1. The van der Waals surface area contributed by atoms with Gasteiger partial charge in [-0.05, 0) is 35.6 Å². The molecule has 3 N–H and O–H groups in total. The molecule has 0 spiro atoms. The van der Waals surface area contributed by atoms with Gasteiger partial charge in [0, 0.05) is 16.6 Å². The molecule has 1 unspecified atom stereocenters. The van der Waals surface area contributed by atoms with E-state index in [9.17, 15) is 27.6 Å². The number of aromatic nitrogens is 1. The van der Waals surface area contributed by atoms with Crippen LogP contribution in [0.25, 0.3) is 22.0 Å². The van der Waals surface area contributed by atoms with E-state index in [2.05, 4.69) is 10.3 Å². The first-order chi connectivity index (χ1) is 25.7. The topological polar surface area (TPSA) is 173 Å². The minimum atomic E-state index is -4.60. The van der Waals surface area contributed by atoms with E-state index < -0.39 is 35.4 Å². The Morgan fingerprint density at radius 2 is 1.30 bits per heavy atom. The predicted octanol–water partition coefficient (Wildman–Crippen LogP) is 3.43. The second-order valence-electron chi connectivity index (χ2n) is 11.7. The molecule has 292 valence electrons. The molecular formula is C36H45F3N2O12. The first-order valence-corrected chi connectivity index (χ1v) is 17.2. The highest BCUT2D eigenvalue weighted by molar-refractivity contribution is 5.90. The molecule has 1 amide bonds. The summed E-state index contributed by atoms with van der Waals surface area (Å²) in [6, 6.07) is 10.8. The molecule has 2 aromatic carbocycles. The number of carbonyl (C=O) groups is 2. The largest absolute Gasteiger partial charge is 0.508 e. The van der Waals surface area contributed by atoms with Gasteiger partial charge in [0.15, 0.2) is 0 Å². The summed E-state index contributed by atoms with van der Waals surface area (Å²) < 4.78 is 82.8. The number of nitrogens with one attached hydrogen (secondary N) is 2. The number of halogens is 3. The third kappa shape index (κ3) is 14.0. The summed E-state index contributed by atoms with van der Waals surface area (Å²) in [6.45, 7) is 4.26. The van der Waals surface area contributed by atoms with E-state index in [-0.39, 0.29) is 62.0 Å². The number of fused-ring (bicyclic) bond motifs is 1. The zero-order valence-electron chi connectivity index (χ0n) is 29.2. The van der Waals surface area contributed by atoms with Gasteiger partial charge in [-0.2, -0.15) is 13.2 Å². The lowest BCUT2D eigenvalue weighted by Crippen LogP contribution is -2.31. The summed E-state index contributed by atoms with van der Waals surface area (Å²) in [7, 11) is 0. The number of amides is 1. The van der Waals surface area contributed by atoms with E-state index in [1.165, 1.54) is 24.3 Å². The van der Waals surface area contributed by atoms with Crippen molar-refractivity contribution < 1.29 is 65.8 Å². The van der Waals surface area contributed by atoms with Crippen molar-refractivity contribution in [1.82, 2.24) is 10.3 Å². The number of alkyl halides is 3. The molecule has 1 fully saturated rings. The molecule has 2 heterocycles. The van der Waals surface area contributed by atoms with Crippen LogP contribution in [0.5, 0.6) is 0 Å². The van der Waals surface area contributed by atoms with Gasteiger partial charge in [0.2, 0.25) is 5.91 Å². The van der Waals surface area contributed by atoms with Crippen LogP contribution >= 0.6 is 0 Å². The summed E-state index contributed by atoms with van der Waals surface area (Å²) in [5.74, 6) is -0.943. The van der Waals surface area contributed by atoms with Gasteiger partial charge in [-0.3, -0.25) is 9.59 Å². The van der Waals surface area contributed by atoms with Gasteiger partial charge in [-0.15, -0.1) is 0 Å². The number of hydrogen-bond donors (Lipinski definition) is 3. The summed E-state index contributed by atoms with van der Waals surface area (Å²) in [4.78, 5) is 40.3. The van der Waals surface area contributed by atoms with Crippen molar-refractivity contribution in [2.24, 2.45) is 0 Å². The molecular weight excluding hydrogens is 709 g/mol. The maximum absolute atomic E-state index is 13.6. The van der Waals surface area contributed by atoms with Crippen molar-refractivity contribution >= 4 is 22.8 Å². The van der Waals surface area contributed by atoms with Gasteiger partial charge in [-0.25, -0.2) is 4.79 Å². The third-order valence-electron chi connectivity index (χ3n) is 7.92. The molecule has 0 radical (unpaired) electrons. The molecule has 2 atom stereocenters. The van der Waals surface area contributed by atoms with Crippen LogP contribution in [0, 0.1) is 0 Å². The van der Waals surface area contributed by atoms with E-state index >= 15 is 0 Å². The van der Waals surface area contributed by atoms with E-state index in [4.69, 9.17) is 43.0 Å². The first-order valence-electron chi connectivity index (χ1n) is 17.2. The fourth-order valence-corrected chi connectivity index (χ4v) is 5.41. The standard InChI is InChI=1S/C36H45F3N2O12/c37-36(38,39)31-4-2-1-3-28(31)32-22-26-6-5-25(21-29(26)34(44)41-32)30-23-27(40-33(30)43)24-53-35(45)52-20-19-51-18-17-50-16-15-49-14-13-48-12-11-47-10-9-46-8-7-42/h1-6,21-22,27,30,42H,7-20,23-24H2,(H,40,43)(H,41,44)/t27?,30-/m0/s1. The van der Waals surface area contributed by atoms with Crippen LogP contribution in [0.3, 0.4) is 0 Å². The highest BCUT2D eigenvalue weighted by atomic mass is 19.4. The lowest BCUT2D eigenvalue weighted by Gasteiger charge is -2.14. The number of benzene rings is 2. The number of aliphatic hydroxyl groups excluding tert-OH is 1. The molecule has 14 nitrogen and oxygen atoms in total. The number of rotatable bonds is 24. The predicted molar refractivity (Wildman–Crippen MR) is 184 cm³/mol. The molecule has 0 saturated carbocycles. The Kier molecular flexibility index (Phi) is 17.4. The minimum absolute atomic E-state index is 0.00906. The second kappa shape index (κ2) is 22.2. The maximum Gasteiger partial charge on any atom is 0.508 e. The van der Waals surface area contributed by atoms with Gasteiger partial charge < -0.3 is 53.3 Å². The normalized spacial score (nSPS) is 15.9. The smallest absolute Gasteiger partial charge is 0.432 e. The molecule has 0 bridgehead atoms. The Morgan fingerprint density at radius 3 is 1.89 bits per heavy atom. The number of hydrogen-bond acceptors (Lipinski definition) is 12. The van der Waals surface area contributed by atoms with Gasteiger partial charge in [0.1, 0.15) is 13.2 Å². The molecule has 1 saturated heterocycles. The Balaban J connectivity index is 1.05. The summed E-state index contributed by atoms with van der Waals surface area (Å²) >= 11 is 0. The molecule has 1 aliphatic heterocycles. The monoisotopic (exact) mass is 754 g/mol. The minimum Gasteiger partial charge on any atom is -0.432 e. The van der Waals surface area contributed by atoms with Crippen LogP contribution < -0.4 is 10.9 Å². The highest BCUT2D eigenvalue weighted by Crippen LogP contribution is 2.37. The number of aliphatic hydroxyl groups is 1. The number of pyridine rings is 1. The van der Waals surface area contributed by atoms with Crippen molar-refractivity contribution in [2.75, 3.05) is 99.1 Å². The van der Waals surface area contributed by atoms with Crippen LogP contribution in [-0.2, 0) is 48.9 Å². The zero-order chi connectivity index (χ0) is 37.9. The summed E-state index contributed by atoms with van der Waals surface area (Å²) in [5, 5.41) is 12.0. The molecule has 1 aromatic heterocycles. The molecule has 1 aliphatic rings. The second-order valence-corrected chi connectivity index (χ2v) is 11.7. The number of carbonyl (C=O) groups excluding carboxylic acids is 2. The lowest BCUT2D eigenvalue weighted by atomic mass is 9.93. The van der Waals surface area contributed by atoms with Crippen LogP contribution in [0.15, 0.2) is 53.3 Å². The maximum atomic E-state index is 13.6. The molecule has 0 aliphatic carbocycles. The zero-order valence-corrected chi connectivity index (χ0v) is 29.2. The molecule has 53 heavy (non-hydrogen) atoms. The van der Waals surface area contributed by atoms with Crippen LogP contribution in [0.4, 0.5) is 18.0 Å². The number of ether oxygens (including phenoxy) is 8. The van der Waals surface area contributed by atoms with Crippen LogP contribution in [-0.4, -0.2) is 127 Å². The van der Waals surface area contributed by atoms with Gasteiger partial charge in [-0.1, -0.05) is 30.3 Å². The molecule has 17 heteroatoms. The fraction of sp³-hybridized carbons (Fsp3) is 0.528. The van der Waals surface area contributed by atoms with E-state index in [1.807, 2.05) is 0 Å². The average molecular weight is 755 g/mol. The van der Waals surface area contributed by atoms with Gasteiger partial charge in [0.05, 0.1) is 103 Å². The Hall–Kier alpha value is -4.10. The van der Waals surface area contributed by atoms with E-state index in [0.29, 0.717) is 77.0 Å². The van der Waals surface area contributed by atoms with E-state index in [0.717, 1.165) is 6.07 Å². The van der Waals surface area contributed by atoms with Crippen molar-refractivity contribution in [2.45, 2.75) is 24.6 Å². The number of aromatic amines is 1. The van der Waals surface area contributed by atoms with Crippen molar-refractivity contribution in [3.63, 3.8) is 0 Å². The molecule has 3 aromatic rings. The van der Waals surface area contributed by atoms with Crippen molar-refractivity contribution in [1.29, 1.82) is 0 Å². The first kappa shape index (κ1) is 41.7. The van der Waals surface area contributed by atoms with E-state index in [1.54, 1.807) is 18.2 Å². The molecule has 4 rings (SSSR count).